The third kappa shape index (κ3) is 7.78. The van der Waals surface area contributed by atoms with Crippen molar-refractivity contribution in [2.75, 3.05) is 13.2 Å². The monoisotopic (exact) mass is 384 g/mol. The maximum absolute atomic E-state index is 11.8. The standard InChI is InChI=1S/C17H20O6S2/c18-24(19,14-16-8-3-1-4-9-16)22-12-7-13-23-25(20,21)15-17-10-5-2-6-11-17/h1-6,8-11H,7,12-15H2. The van der Waals surface area contributed by atoms with Crippen LogP contribution in [0.15, 0.2) is 60.7 Å². The average Bonchev–Trinajstić information content (AvgIpc) is 2.55. The number of rotatable bonds is 10. The van der Waals surface area contributed by atoms with Crippen LogP contribution in [0.5, 0.6) is 0 Å². The van der Waals surface area contributed by atoms with Crippen LogP contribution >= 0.6 is 0 Å². The van der Waals surface area contributed by atoms with E-state index in [9.17, 15) is 16.8 Å². The molecule has 0 fully saturated rings. The number of benzene rings is 2. The van der Waals surface area contributed by atoms with Gasteiger partial charge in [-0.05, 0) is 17.5 Å². The lowest BCUT2D eigenvalue weighted by Gasteiger charge is -2.07. The summed E-state index contributed by atoms with van der Waals surface area (Å²) < 4.78 is 57.0. The molecule has 0 bridgehead atoms. The van der Waals surface area contributed by atoms with Crippen molar-refractivity contribution in [1.82, 2.24) is 0 Å². The van der Waals surface area contributed by atoms with Gasteiger partial charge >= 0.3 is 0 Å². The minimum atomic E-state index is -3.70. The second-order valence-electron chi connectivity index (χ2n) is 5.37. The van der Waals surface area contributed by atoms with E-state index in [0.29, 0.717) is 11.1 Å². The number of hydrogen-bond donors (Lipinski definition) is 0. The zero-order valence-electron chi connectivity index (χ0n) is 13.6. The Kier molecular flexibility index (Phi) is 7.12. The Morgan fingerprint density at radius 2 is 0.960 bits per heavy atom. The summed E-state index contributed by atoms with van der Waals surface area (Å²) in [5.41, 5.74) is 1.26. The van der Waals surface area contributed by atoms with Gasteiger partial charge in [0.2, 0.25) is 0 Å². The normalized spacial score (nSPS) is 12.2. The largest absolute Gasteiger partial charge is 0.271 e. The Morgan fingerprint density at radius 3 is 1.32 bits per heavy atom. The van der Waals surface area contributed by atoms with Crippen molar-refractivity contribution in [1.29, 1.82) is 0 Å². The molecule has 0 heterocycles. The van der Waals surface area contributed by atoms with Crippen molar-refractivity contribution < 1.29 is 25.2 Å². The van der Waals surface area contributed by atoms with E-state index in [1.807, 2.05) is 0 Å². The summed E-state index contributed by atoms with van der Waals surface area (Å²) in [5, 5.41) is 0. The maximum Gasteiger partial charge on any atom is 0.271 e. The summed E-state index contributed by atoms with van der Waals surface area (Å²) in [7, 11) is -7.41. The molecule has 0 aliphatic rings. The Labute approximate surface area is 148 Å². The van der Waals surface area contributed by atoms with Crippen molar-refractivity contribution in [2.24, 2.45) is 0 Å². The van der Waals surface area contributed by atoms with E-state index in [1.54, 1.807) is 60.7 Å². The van der Waals surface area contributed by atoms with Gasteiger partial charge in [-0.15, -0.1) is 0 Å². The van der Waals surface area contributed by atoms with Gasteiger partial charge in [0.15, 0.2) is 0 Å². The summed E-state index contributed by atoms with van der Waals surface area (Å²) in [6, 6.07) is 17.4. The van der Waals surface area contributed by atoms with Crippen LogP contribution in [0.2, 0.25) is 0 Å². The zero-order valence-corrected chi connectivity index (χ0v) is 15.2. The molecule has 0 aliphatic carbocycles. The van der Waals surface area contributed by atoms with Crippen LogP contribution in [-0.2, 0) is 40.1 Å². The zero-order chi connectivity index (χ0) is 18.2. The SMILES string of the molecule is O=S(=O)(Cc1ccccc1)OCCCOS(=O)(=O)Cc1ccccc1. The van der Waals surface area contributed by atoms with Gasteiger partial charge in [-0.25, -0.2) is 0 Å². The second-order valence-corrected chi connectivity index (χ2v) is 8.65. The Morgan fingerprint density at radius 1 is 0.600 bits per heavy atom. The highest BCUT2D eigenvalue weighted by Gasteiger charge is 2.14. The molecule has 0 spiro atoms. The molecule has 136 valence electrons. The molecule has 6 nitrogen and oxygen atoms in total. The van der Waals surface area contributed by atoms with Crippen molar-refractivity contribution >= 4 is 20.2 Å². The fourth-order valence-corrected chi connectivity index (χ4v) is 4.18. The van der Waals surface area contributed by atoms with E-state index in [-0.39, 0.29) is 31.1 Å². The highest BCUT2D eigenvalue weighted by atomic mass is 32.2. The Hall–Kier alpha value is -1.74. The lowest BCUT2D eigenvalue weighted by atomic mass is 10.2. The minimum absolute atomic E-state index is 0.129. The van der Waals surface area contributed by atoms with Crippen molar-refractivity contribution in [2.45, 2.75) is 17.9 Å². The third-order valence-electron chi connectivity index (χ3n) is 3.19. The molecule has 0 amide bonds. The van der Waals surface area contributed by atoms with Gasteiger partial charge in [0.25, 0.3) is 20.2 Å². The molecular formula is C17H20O6S2. The molecule has 0 aromatic heterocycles. The smallest absolute Gasteiger partial charge is 0.270 e. The first-order valence-electron chi connectivity index (χ1n) is 7.68. The van der Waals surface area contributed by atoms with Crippen LogP contribution in [0, 0.1) is 0 Å². The van der Waals surface area contributed by atoms with E-state index in [1.165, 1.54) is 0 Å². The molecule has 0 aliphatic heterocycles. The molecule has 0 unspecified atom stereocenters. The van der Waals surface area contributed by atoms with Crippen LogP contribution in [-0.4, -0.2) is 30.0 Å². The molecule has 0 N–H and O–H groups in total. The van der Waals surface area contributed by atoms with Gasteiger partial charge in [-0.2, -0.15) is 16.8 Å². The molecule has 8 heteroatoms. The summed E-state index contributed by atoms with van der Waals surface area (Å²) >= 11 is 0. The average molecular weight is 384 g/mol. The van der Waals surface area contributed by atoms with Crippen LogP contribution in [0.3, 0.4) is 0 Å². The maximum atomic E-state index is 11.8. The van der Waals surface area contributed by atoms with Crippen molar-refractivity contribution in [3.05, 3.63) is 71.8 Å². The fourth-order valence-electron chi connectivity index (χ4n) is 2.07. The summed E-state index contributed by atoms with van der Waals surface area (Å²) in [6.45, 7) is -0.258. The molecule has 0 saturated carbocycles. The van der Waals surface area contributed by atoms with E-state index in [0.717, 1.165) is 0 Å². The predicted molar refractivity (Wildman–Crippen MR) is 94.7 cm³/mol. The topological polar surface area (TPSA) is 86.7 Å². The summed E-state index contributed by atoms with van der Waals surface area (Å²) in [5.74, 6) is -0.442. The van der Waals surface area contributed by atoms with Crippen molar-refractivity contribution in [3.8, 4) is 0 Å². The quantitative estimate of drug-likeness (QED) is 0.462. The first kappa shape index (κ1) is 19.6. The van der Waals surface area contributed by atoms with E-state index in [2.05, 4.69) is 0 Å². The van der Waals surface area contributed by atoms with Crippen molar-refractivity contribution in [3.63, 3.8) is 0 Å². The van der Waals surface area contributed by atoms with Crippen LogP contribution < -0.4 is 0 Å². The fraction of sp³-hybridized carbons (Fsp3) is 0.294. The van der Waals surface area contributed by atoms with Crippen LogP contribution in [0.1, 0.15) is 17.5 Å². The van der Waals surface area contributed by atoms with Gasteiger partial charge in [0.1, 0.15) is 11.5 Å². The minimum Gasteiger partial charge on any atom is -0.270 e. The van der Waals surface area contributed by atoms with Gasteiger partial charge in [0, 0.05) is 0 Å². The van der Waals surface area contributed by atoms with Gasteiger partial charge in [0.05, 0.1) is 13.2 Å². The predicted octanol–water partition coefficient (Wildman–Crippen LogP) is 2.47. The first-order chi connectivity index (χ1) is 11.9. The lowest BCUT2D eigenvalue weighted by molar-refractivity contribution is 0.253. The molecule has 2 aromatic carbocycles. The van der Waals surface area contributed by atoms with E-state index < -0.39 is 20.2 Å². The molecule has 25 heavy (non-hydrogen) atoms. The molecule has 0 saturated heterocycles. The molecule has 2 aromatic rings. The molecule has 0 atom stereocenters. The number of hydrogen-bond acceptors (Lipinski definition) is 6. The third-order valence-corrected chi connectivity index (χ3v) is 5.61. The lowest BCUT2D eigenvalue weighted by Crippen LogP contribution is -2.14. The van der Waals surface area contributed by atoms with E-state index in [4.69, 9.17) is 8.37 Å². The van der Waals surface area contributed by atoms with Crippen LogP contribution in [0.25, 0.3) is 0 Å². The molecular weight excluding hydrogens is 364 g/mol. The molecule has 2 rings (SSSR count). The van der Waals surface area contributed by atoms with E-state index >= 15 is 0 Å². The Balaban J connectivity index is 1.70. The van der Waals surface area contributed by atoms with Crippen LogP contribution in [0.4, 0.5) is 0 Å². The molecule has 0 radical (unpaired) electrons. The summed E-state index contributed by atoms with van der Waals surface area (Å²) in [6.07, 6.45) is 0.155. The second kappa shape index (κ2) is 9.10. The Bertz CT molecular complexity index is 773. The van der Waals surface area contributed by atoms with Gasteiger partial charge < -0.3 is 0 Å². The first-order valence-corrected chi connectivity index (χ1v) is 10.8. The summed E-state index contributed by atoms with van der Waals surface area (Å²) in [4.78, 5) is 0. The van der Waals surface area contributed by atoms with Gasteiger partial charge in [-0.1, -0.05) is 60.7 Å². The van der Waals surface area contributed by atoms with Gasteiger partial charge in [-0.3, -0.25) is 8.37 Å². The highest BCUT2D eigenvalue weighted by Crippen LogP contribution is 2.09. The highest BCUT2D eigenvalue weighted by molar-refractivity contribution is 7.86.